The van der Waals surface area contributed by atoms with E-state index in [0.29, 0.717) is 0 Å². The Bertz CT molecular complexity index is 654. The summed E-state index contributed by atoms with van der Waals surface area (Å²) in [6.07, 6.45) is 0. The number of hydrogen-bond donors (Lipinski definition) is 0. The maximum atomic E-state index is 4.68. The van der Waals surface area contributed by atoms with Gasteiger partial charge >= 0.3 is 0 Å². The van der Waals surface area contributed by atoms with Crippen molar-refractivity contribution >= 4 is 32.5 Å². The molecule has 1 aromatic carbocycles. The van der Waals surface area contributed by atoms with E-state index in [1.54, 1.807) is 11.3 Å². The van der Waals surface area contributed by atoms with Gasteiger partial charge in [-0.3, -0.25) is 0 Å². The molecule has 0 radical (unpaired) electrons. The summed E-state index contributed by atoms with van der Waals surface area (Å²) in [5.41, 5.74) is 2.08. The molecule has 0 saturated carbocycles. The number of hydrogen-bond acceptors (Lipinski definition) is 2. The number of nitrogens with zero attached hydrogens (tertiary/aromatic N) is 1. The van der Waals surface area contributed by atoms with Crippen LogP contribution in [0.4, 0.5) is 0 Å². The van der Waals surface area contributed by atoms with Crippen molar-refractivity contribution in [3.05, 3.63) is 66.0 Å². The summed E-state index contributed by atoms with van der Waals surface area (Å²) in [4.78, 5) is 4.68. The standard InChI is InChI=1S/C15H11NS/c1-2-6-10-17-15-11-12-7-4-5-8-13(12)16-14(15)9-3-1/h1-11H. The van der Waals surface area contributed by atoms with Gasteiger partial charge < -0.3 is 0 Å². The van der Waals surface area contributed by atoms with Gasteiger partial charge in [0.1, 0.15) is 0 Å². The maximum absolute atomic E-state index is 4.68. The zero-order valence-corrected chi connectivity index (χ0v) is 10.0. The Balaban J connectivity index is 2.46. The molecule has 2 heterocycles. The fourth-order valence-corrected chi connectivity index (χ4v) is 2.50. The number of rotatable bonds is 0. The Labute approximate surface area is 104 Å². The highest BCUT2D eigenvalue weighted by Gasteiger charge is 1.96. The van der Waals surface area contributed by atoms with Crippen molar-refractivity contribution in [3.8, 4) is 0 Å². The number of para-hydroxylation sites is 1. The quantitative estimate of drug-likeness (QED) is 0.558. The summed E-state index contributed by atoms with van der Waals surface area (Å²) < 4.78 is 1.19. The van der Waals surface area contributed by atoms with Crippen molar-refractivity contribution in [3.63, 3.8) is 0 Å². The molecular formula is C15H11NS. The molecule has 0 saturated heterocycles. The van der Waals surface area contributed by atoms with E-state index in [2.05, 4.69) is 28.6 Å². The van der Waals surface area contributed by atoms with Crippen LogP contribution in [0.25, 0.3) is 21.1 Å². The van der Waals surface area contributed by atoms with Gasteiger partial charge in [-0.2, -0.15) is 0 Å². The van der Waals surface area contributed by atoms with E-state index >= 15 is 0 Å². The molecule has 3 rings (SSSR count). The van der Waals surface area contributed by atoms with Crippen LogP contribution in [0.2, 0.25) is 0 Å². The van der Waals surface area contributed by atoms with E-state index in [4.69, 9.17) is 0 Å². The van der Waals surface area contributed by atoms with E-state index in [-0.39, 0.29) is 0 Å². The first kappa shape index (κ1) is 10.2. The number of aromatic nitrogens is 1. The molecule has 0 bridgehead atoms. The van der Waals surface area contributed by atoms with Gasteiger partial charge in [0, 0.05) is 5.39 Å². The maximum Gasteiger partial charge on any atom is 0.0809 e. The molecule has 1 nitrogen and oxygen atoms in total. The fourth-order valence-electron chi connectivity index (χ4n) is 1.76. The Hall–Kier alpha value is -1.93. The van der Waals surface area contributed by atoms with Gasteiger partial charge in [0.15, 0.2) is 0 Å². The van der Waals surface area contributed by atoms with E-state index < -0.39 is 0 Å². The van der Waals surface area contributed by atoms with E-state index in [1.165, 1.54) is 10.1 Å². The van der Waals surface area contributed by atoms with Gasteiger partial charge in [-0.15, -0.1) is 11.3 Å². The van der Waals surface area contributed by atoms with Gasteiger partial charge in [-0.25, -0.2) is 4.98 Å². The molecule has 2 aromatic heterocycles. The average molecular weight is 237 g/mol. The highest BCUT2D eigenvalue weighted by Crippen LogP contribution is 2.20. The molecule has 0 unspecified atom stereocenters. The van der Waals surface area contributed by atoms with E-state index in [0.717, 1.165) is 11.0 Å². The van der Waals surface area contributed by atoms with Crippen molar-refractivity contribution < 1.29 is 0 Å². The Morgan fingerprint density at radius 3 is 2.53 bits per heavy atom. The highest BCUT2D eigenvalue weighted by molar-refractivity contribution is 7.16. The molecule has 0 aliphatic carbocycles. The van der Waals surface area contributed by atoms with Crippen LogP contribution in [-0.2, 0) is 0 Å². The summed E-state index contributed by atoms with van der Waals surface area (Å²) in [6, 6.07) is 20.6. The topological polar surface area (TPSA) is 12.9 Å². The largest absolute Gasteiger partial charge is 0.247 e. The molecule has 0 spiro atoms. The summed E-state index contributed by atoms with van der Waals surface area (Å²) in [5, 5.41) is 3.27. The molecule has 0 aliphatic heterocycles. The predicted molar refractivity (Wildman–Crippen MR) is 74.8 cm³/mol. The Morgan fingerprint density at radius 2 is 1.53 bits per heavy atom. The predicted octanol–water partition coefficient (Wildman–Crippen LogP) is 4.57. The zero-order chi connectivity index (χ0) is 11.5. The van der Waals surface area contributed by atoms with Crippen LogP contribution in [0.5, 0.6) is 0 Å². The van der Waals surface area contributed by atoms with Gasteiger partial charge in [0.2, 0.25) is 0 Å². The van der Waals surface area contributed by atoms with Crippen LogP contribution in [0.1, 0.15) is 0 Å². The Kier molecular flexibility index (Phi) is 2.72. The van der Waals surface area contributed by atoms with Gasteiger partial charge in [0.05, 0.1) is 15.7 Å². The lowest BCUT2D eigenvalue weighted by molar-refractivity contribution is 1.51. The third kappa shape index (κ3) is 2.12. The summed E-state index contributed by atoms with van der Waals surface area (Å²) in [6.45, 7) is 0. The second-order valence-electron chi connectivity index (χ2n) is 3.75. The molecule has 0 fully saturated rings. The first-order valence-electron chi connectivity index (χ1n) is 5.50. The first-order chi connectivity index (χ1) is 8.43. The third-order valence-corrected chi connectivity index (χ3v) is 3.45. The summed E-state index contributed by atoms with van der Waals surface area (Å²) in [5.74, 6) is 0. The second kappa shape index (κ2) is 4.52. The van der Waals surface area contributed by atoms with Crippen LogP contribution in [0.15, 0.2) is 66.0 Å². The lowest BCUT2D eigenvalue weighted by Gasteiger charge is -1.97. The van der Waals surface area contributed by atoms with E-state index in [9.17, 15) is 0 Å². The minimum absolute atomic E-state index is 1.03. The monoisotopic (exact) mass is 237 g/mol. The third-order valence-electron chi connectivity index (χ3n) is 2.58. The summed E-state index contributed by atoms with van der Waals surface area (Å²) >= 11 is 1.71. The first-order valence-corrected chi connectivity index (χ1v) is 6.38. The molecule has 0 atom stereocenters. The van der Waals surface area contributed by atoms with Gasteiger partial charge in [-0.05, 0) is 23.6 Å². The molecule has 0 aliphatic rings. The van der Waals surface area contributed by atoms with Crippen LogP contribution >= 0.6 is 11.3 Å². The number of fused-ring (bicyclic) bond motifs is 2. The molecule has 0 N–H and O–H groups in total. The van der Waals surface area contributed by atoms with Crippen LogP contribution in [0, 0.1) is 0 Å². The van der Waals surface area contributed by atoms with Gasteiger partial charge in [-0.1, -0.05) is 42.5 Å². The van der Waals surface area contributed by atoms with Crippen molar-refractivity contribution in [2.24, 2.45) is 0 Å². The molecular weight excluding hydrogens is 226 g/mol. The zero-order valence-electron chi connectivity index (χ0n) is 9.21. The van der Waals surface area contributed by atoms with Crippen LogP contribution < -0.4 is 0 Å². The molecule has 2 heteroatoms. The molecule has 3 aromatic rings. The minimum atomic E-state index is 1.03. The van der Waals surface area contributed by atoms with E-state index in [1.807, 2.05) is 42.5 Å². The van der Waals surface area contributed by atoms with Crippen molar-refractivity contribution in [2.75, 3.05) is 0 Å². The Morgan fingerprint density at radius 1 is 0.765 bits per heavy atom. The number of benzene rings is 1. The second-order valence-corrected chi connectivity index (χ2v) is 4.70. The molecule has 0 amide bonds. The number of pyridine rings is 1. The summed E-state index contributed by atoms with van der Waals surface area (Å²) in [7, 11) is 0. The van der Waals surface area contributed by atoms with Gasteiger partial charge in [0.25, 0.3) is 0 Å². The lowest BCUT2D eigenvalue weighted by atomic mass is 10.2. The molecule has 17 heavy (non-hydrogen) atoms. The SMILES string of the molecule is c1cccc2nc3ccccc3cc2scc1. The average Bonchev–Trinajstić information content (AvgIpc) is 2.47. The fraction of sp³-hybridized carbons (Fsp3) is 0. The van der Waals surface area contributed by atoms with Crippen LogP contribution in [0.3, 0.4) is 0 Å². The highest BCUT2D eigenvalue weighted by atomic mass is 32.1. The lowest BCUT2D eigenvalue weighted by Crippen LogP contribution is -1.78. The molecule has 82 valence electrons. The normalized spacial score (nSPS) is 10.4. The minimum Gasteiger partial charge on any atom is -0.247 e. The smallest absolute Gasteiger partial charge is 0.0809 e. The van der Waals surface area contributed by atoms with Crippen molar-refractivity contribution in [1.82, 2.24) is 4.98 Å². The van der Waals surface area contributed by atoms with Crippen LogP contribution in [-0.4, -0.2) is 4.98 Å². The van der Waals surface area contributed by atoms with Crippen molar-refractivity contribution in [2.45, 2.75) is 0 Å². The van der Waals surface area contributed by atoms with Crippen molar-refractivity contribution in [1.29, 1.82) is 0 Å².